The lowest BCUT2D eigenvalue weighted by atomic mass is 9.99. The first-order valence-corrected chi connectivity index (χ1v) is 7.94. The molecule has 2 heterocycles. The molecule has 0 spiro atoms. The molecule has 0 saturated heterocycles. The van der Waals surface area contributed by atoms with Crippen molar-refractivity contribution in [2.45, 2.75) is 47.1 Å². The lowest BCUT2D eigenvalue weighted by Crippen LogP contribution is -2.26. The summed E-state index contributed by atoms with van der Waals surface area (Å²) in [5, 5.41) is 3.42. The molecule has 0 aliphatic carbocycles. The molecule has 2 aromatic rings. The Balaban J connectivity index is 0.000000774. The molecule has 1 aromatic carbocycles. The number of aromatic nitrogens is 2. The van der Waals surface area contributed by atoms with E-state index in [-0.39, 0.29) is 0 Å². The highest BCUT2D eigenvalue weighted by molar-refractivity contribution is 5.64. The molecule has 1 aliphatic heterocycles. The Morgan fingerprint density at radius 1 is 1.10 bits per heavy atom. The molecule has 112 valence electrons. The quantitative estimate of drug-likeness (QED) is 0.913. The van der Waals surface area contributed by atoms with Crippen molar-refractivity contribution in [3.63, 3.8) is 0 Å². The highest BCUT2D eigenvalue weighted by atomic mass is 14.9. The summed E-state index contributed by atoms with van der Waals surface area (Å²) < 4.78 is 0. The number of fused-ring (bicyclic) bond motifs is 1. The number of aryl methyl sites for hydroxylation is 2. The zero-order chi connectivity index (χ0) is 15.2. The Morgan fingerprint density at radius 2 is 1.81 bits per heavy atom. The molecule has 0 amide bonds. The number of nitrogens with one attached hydrogen (secondary N) is 1. The molecule has 3 heteroatoms. The van der Waals surface area contributed by atoms with Crippen LogP contribution >= 0.6 is 0 Å². The minimum Gasteiger partial charge on any atom is -0.312 e. The third kappa shape index (κ3) is 3.48. The predicted molar refractivity (Wildman–Crippen MR) is 88.3 cm³/mol. The van der Waals surface area contributed by atoms with E-state index in [0.29, 0.717) is 0 Å². The van der Waals surface area contributed by atoms with E-state index in [1.165, 1.54) is 22.4 Å². The summed E-state index contributed by atoms with van der Waals surface area (Å²) in [5.41, 5.74) is 6.07. The van der Waals surface area contributed by atoms with Crippen LogP contribution in [0.2, 0.25) is 0 Å². The van der Waals surface area contributed by atoms with Gasteiger partial charge in [-0.2, -0.15) is 0 Å². The van der Waals surface area contributed by atoms with E-state index >= 15 is 0 Å². The Bertz CT molecular complexity index is 588. The van der Waals surface area contributed by atoms with Crippen LogP contribution in [0.1, 0.15) is 43.4 Å². The number of rotatable bonds is 2. The van der Waals surface area contributed by atoms with Gasteiger partial charge in [-0.1, -0.05) is 50.6 Å². The minimum absolute atomic E-state index is 0.878. The first-order valence-electron chi connectivity index (χ1n) is 7.94. The van der Waals surface area contributed by atoms with Gasteiger partial charge < -0.3 is 5.32 Å². The van der Waals surface area contributed by atoms with Gasteiger partial charge in [0.05, 0.1) is 11.4 Å². The average molecular weight is 283 g/mol. The van der Waals surface area contributed by atoms with Gasteiger partial charge in [-0.15, -0.1) is 0 Å². The van der Waals surface area contributed by atoms with Crippen LogP contribution in [0.5, 0.6) is 0 Å². The number of benzene rings is 1. The second kappa shape index (κ2) is 7.32. The molecule has 3 nitrogen and oxygen atoms in total. The van der Waals surface area contributed by atoms with Gasteiger partial charge >= 0.3 is 0 Å². The van der Waals surface area contributed by atoms with Crippen LogP contribution in [-0.4, -0.2) is 16.5 Å². The van der Waals surface area contributed by atoms with E-state index in [4.69, 9.17) is 4.98 Å². The lowest BCUT2D eigenvalue weighted by Gasteiger charge is -2.20. The summed E-state index contributed by atoms with van der Waals surface area (Å²) >= 11 is 0. The Morgan fingerprint density at radius 3 is 2.48 bits per heavy atom. The van der Waals surface area contributed by atoms with Crippen LogP contribution in [0.3, 0.4) is 0 Å². The third-order valence-corrected chi connectivity index (χ3v) is 3.62. The average Bonchev–Trinajstić information content (AvgIpc) is 2.56. The standard InChI is InChI=1S/C16H19N3.C2H6/c1-3-15-18-14-8-9-17-10-13(14)16(19-15)12-6-4-11(2)5-7-12;1-2/h4-7,17H,3,8-10H2,1-2H3;1-2H3. The topological polar surface area (TPSA) is 37.8 Å². The van der Waals surface area contributed by atoms with Crippen molar-refractivity contribution in [2.24, 2.45) is 0 Å². The van der Waals surface area contributed by atoms with Crippen LogP contribution in [0, 0.1) is 6.92 Å². The summed E-state index contributed by atoms with van der Waals surface area (Å²) in [4.78, 5) is 9.44. The fourth-order valence-electron chi connectivity index (χ4n) is 2.50. The SMILES string of the molecule is CC.CCc1nc2c(c(-c3ccc(C)cc3)n1)CNCC2. The lowest BCUT2D eigenvalue weighted by molar-refractivity contribution is 0.622. The summed E-state index contributed by atoms with van der Waals surface area (Å²) in [6.07, 6.45) is 1.89. The largest absolute Gasteiger partial charge is 0.312 e. The van der Waals surface area contributed by atoms with Gasteiger partial charge in [0.2, 0.25) is 0 Å². The Kier molecular flexibility index (Phi) is 5.45. The van der Waals surface area contributed by atoms with Crippen LogP contribution in [0.25, 0.3) is 11.3 Å². The van der Waals surface area contributed by atoms with E-state index in [9.17, 15) is 0 Å². The van der Waals surface area contributed by atoms with Gasteiger partial charge in [-0.05, 0) is 6.92 Å². The molecule has 1 aromatic heterocycles. The Hall–Kier alpha value is -1.74. The second-order valence-electron chi connectivity index (χ2n) is 5.06. The molecule has 21 heavy (non-hydrogen) atoms. The van der Waals surface area contributed by atoms with Gasteiger partial charge in [0, 0.05) is 37.1 Å². The normalized spacial score (nSPS) is 13.1. The van der Waals surface area contributed by atoms with Crippen molar-refractivity contribution in [3.8, 4) is 11.3 Å². The third-order valence-electron chi connectivity index (χ3n) is 3.62. The van der Waals surface area contributed by atoms with E-state index in [2.05, 4.69) is 48.4 Å². The number of hydrogen-bond acceptors (Lipinski definition) is 3. The highest BCUT2D eigenvalue weighted by Crippen LogP contribution is 2.26. The molecule has 0 unspecified atom stereocenters. The zero-order valence-electron chi connectivity index (χ0n) is 13.5. The van der Waals surface area contributed by atoms with Crippen molar-refractivity contribution < 1.29 is 0 Å². The van der Waals surface area contributed by atoms with Gasteiger partial charge in [0.15, 0.2) is 0 Å². The molecule has 0 fully saturated rings. The van der Waals surface area contributed by atoms with E-state index in [0.717, 1.165) is 37.4 Å². The van der Waals surface area contributed by atoms with Crippen LogP contribution in [0.4, 0.5) is 0 Å². The fourth-order valence-corrected chi connectivity index (χ4v) is 2.50. The number of nitrogens with zero attached hydrogens (tertiary/aromatic N) is 2. The Labute approximate surface area is 127 Å². The summed E-state index contributed by atoms with van der Waals surface area (Å²) in [6.45, 7) is 10.1. The molecule has 1 aliphatic rings. The molecule has 0 radical (unpaired) electrons. The molecular weight excluding hydrogens is 258 g/mol. The maximum atomic E-state index is 4.75. The van der Waals surface area contributed by atoms with Gasteiger partial charge in [-0.3, -0.25) is 0 Å². The predicted octanol–water partition coefficient (Wildman–Crippen LogP) is 3.69. The summed E-state index contributed by atoms with van der Waals surface area (Å²) in [6, 6.07) is 8.61. The van der Waals surface area contributed by atoms with Crippen molar-refractivity contribution in [3.05, 3.63) is 46.9 Å². The summed E-state index contributed by atoms with van der Waals surface area (Å²) in [5.74, 6) is 0.955. The monoisotopic (exact) mass is 283 g/mol. The first kappa shape index (κ1) is 15.6. The maximum absolute atomic E-state index is 4.75. The fraction of sp³-hybridized carbons (Fsp3) is 0.444. The van der Waals surface area contributed by atoms with E-state index in [1.54, 1.807) is 0 Å². The van der Waals surface area contributed by atoms with E-state index < -0.39 is 0 Å². The molecule has 0 saturated carbocycles. The molecule has 1 N–H and O–H groups in total. The maximum Gasteiger partial charge on any atom is 0.129 e. The summed E-state index contributed by atoms with van der Waals surface area (Å²) in [7, 11) is 0. The minimum atomic E-state index is 0.878. The van der Waals surface area contributed by atoms with Gasteiger partial charge in [0.25, 0.3) is 0 Å². The molecule has 0 bridgehead atoms. The highest BCUT2D eigenvalue weighted by Gasteiger charge is 2.17. The van der Waals surface area contributed by atoms with Gasteiger partial charge in [-0.25, -0.2) is 9.97 Å². The molecule has 0 atom stereocenters. The smallest absolute Gasteiger partial charge is 0.129 e. The molecule has 3 rings (SSSR count). The van der Waals surface area contributed by atoms with Crippen molar-refractivity contribution in [2.75, 3.05) is 6.54 Å². The molecular formula is C18H25N3. The van der Waals surface area contributed by atoms with Crippen LogP contribution in [0.15, 0.2) is 24.3 Å². The first-order chi connectivity index (χ1) is 10.3. The number of hydrogen-bond donors (Lipinski definition) is 1. The second-order valence-corrected chi connectivity index (χ2v) is 5.06. The van der Waals surface area contributed by atoms with Crippen molar-refractivity contribution >= 4 is 0 Å². The van der Waals surface area contributed by atoms with Crippen molar-refractivity contribution in [1.82, 2.24) is 15.3 Å². The zero-order valence-corrected chi connectivity index (χ0v) is 13.5. The van der Waals surface area contributed by atoms with Crippen LogP contribution in [-0.2, 0) is 19.4 Å². The van der Waals surface area contributed by atoms with Crippen LogP contribution < -0.4 is 5.32 Å². The van der Waals surface area contributed by atoms with Gasteiger partial charge in [0.1, 0.15) is 5.82 Å². The van der Waals surface area contributed by atoms with E-state index in [1.807, 2.05) is 13.8 Å². The van der Waals surface area contributed by atoms with Crippen molar-refractivity contribution in [1.29, 1.82) is 0 Å².